The van der Waals surface area contributed by atoms with Crippen LogP contribution in [0, 0.1) is 0 Å². The molecule has 21 heavy (non-hydrogen) atoms. The highest BCUT2D eigenvalue weighted by Crippen LogP contribution is 2.33. The second-order valence-electron chi connectivity index (χ2n) is 7.12. The fourth-order valence-electron chi connectivity index (χ4n) is 3.50. The van der Waals surface area contributed by atoms with Crippen molar-refractivity contribution in [2.75, 3.05) is 6.54 Å². The molecule has 1 rings (SSSR count). The normalized spacial score (nSPS) is 15.4. The van der Waals surface area contributed by atoms with Crippen molar-refractivity contribution in [1.29, 1.82) is 0 Å². The minimum atomic E-state index is 0.147. The lowest BCUT2D eigenvalue weighted by atomic mass is 9.84. The fraction of sp³-hybridized carbons (Fsp3) is 0.947. The van der Waals surface area contributed by atoms with E-state index in [0.717, 1.165) is 13.0 Å². The summed E-state index contributed by atoms with van der Waals surface area (Å²) in [4.78, 5) is 14.0. The SMILES string of the molecule is CCCCCCCC(C)(CCCCCCC)N1CCC1=O. The van der Waals surface area contributed by atoms with Gasteiger partial charge in [-0.3, -0.25) is 4.79 Å². The predicted molar refractivity (Wildman–Crippen MR) is 91.5 cm³/mol. The highest BCUT2D eigenvalue weighted by molar-refractivity contribution is 5.82. The Kier molecular flexibility index (Phi) is 9.03. The fourth-order valence-corrected chi connectivity index (χ4v) is 3.50. The number of carbonyl (C=O) groups is 1. The van der Waals surface area contributed by atoms with Gasteiger partial charge in [0.05, 0.1) is 0 Å². The molecule has 0 aromatic heterocycles. The molecule has 1 fully saturated rings. The summed E-state index contributed by atoms with van der Waals surface area (Å²) in [5, 5.41) is 0. The number of unbranched alkanes of at least 4 members (excludes halogenated alkanes) is 8. The molecule has 1 heterocycles. The zero-order chi connectivity index (χ0) is 15.6. The van der Waals surface area contributed by atoms with Gasteiger partial charge in [0.15, 0.2) is 0 Å². The molecule has 0 radical (unpaired) electrons. The molecule has 0 atom stereocenters. The Morgan fingerprint density at radius 1 is 0.857 bits per heavy atom. The van der Waals surface area contributed by atoms with E-state index < -0.39 is 0 Å². The first kappa shape index (κ1) is 18.5. The van der Waals surface area contributed by atoms with Crippen LogP contribution in [0.3, 0.4) is 0 Å². The number of β-lactam (4-membered cyclic amide) rings is 1. The monoisotopic (exact) mass is 295 g/mol. The Bertz CT molecular complexity index is 273. The highest BCUT2D eigenvalue weighted by Gasteiger charge is 2.39. The Hall–Kier alpha value is -0.530. The molecule has 1 aliphatic rings. The Morgan fingerprint density at radius 3 is 1.67 bits per heavy atom. The summed E-state index contributed by atoms with van der Waals surface area (Å²) in [6.07, 6.45) is 16.5. The third-order valence-corrected chi connectivity index (χ3v) is 5.14. The first-order valence-electron chi connectivity index (χ1n) is 9.44. The van der Waals surface area contributed by atoms with E-state index in [9.17, 15) is 4.79 Å². The average molecular weight is 296 g/mol. The van der Waals surface area contributed by atoms with Crippen LogP contribution in [0.15, 0.2) is 0 Å². The van der Waals surface area contributed by atoms with Gasteiger partial charge in [-0.05, 0) is 19.8 Å². The molecule has 0 saturated carbocycles. The van der Waals surface area contributed by atoms with Crippen LogP contribution >= 0.6 is 0 Å². The van der Waals surface area contributed by atoms with Gasteiger partial charge < -0.3 is 4.90 Å². The van der Waals surface area contributed by atoms with E-state index in [1.807, 2.05) is 0 Å². The van der Waals surface area contributed by atoms with Crippen LogP contribution < -0.4 is 0 Å². The molecular weight excluding hydrogens is 258 g/mol. The van der Waals surface area contributed by atoms with Crippen LogP contribution in [0.5, 0.6) is 0 Å². The molecule has 0 unspecified atom stereocenters. The topological polar surface area (TPSA) is 20.3 Å². The van der Waals surface area contributed by atoms with Gasteiger partial charge in [0.25, 0.3) is 0 Å². The lowest BCUT2D eigenvalue weighted by Gasteiger charge is -2.47. The van der Waals surface area contributed by atoms with Crippen molar-refractivity contribution in [2.45, 2.75) is 110 Å². The molecule has 1 amide bonds. The Morgan fingerprint density at radius 2 is 1.33 bits per heavy atom. The van der Waals surface area contributed by atoms with Crippen LogP contribution in [0.2, 0.25) is 0 Å². The van der Waals surface area contributed by atoms with Crippen LogP contribution in [0.25, 0.3) is 0 Å². The summed E-state index contributed by atoms with van der Waals surface area (Å²) in [6, 6.07) is 0. The largest absolute Gasteiger partial charge is 0.337 e. The molecule has 2 heteroatoms. The number of hydrogen-bond acceptors (Lipinski definition) is 1. The standard InChI is InChI=1S/C19H37NO/c1-4-6-8-10-12-15-19(3,20-17-14-18(20)21)16-13-11-9-7-5-2/h4-17H2,1-3H3. The quantitative estimate of drug-likeness (QED) is 0.315. The van der Waals surface area contributed by atoms with E-state index >= 15 is 0 Å². The summed E-state index contributed by atoms with van der Waals surface area (Å²) in [6.45, 7) is 7.86. The minimum Gasteiger partial charge on any atom is -0.337 e. The molecule has 0 aliphatic carbocycles. The Labute approximate surface area is 132 Å². The van der Waals surface area contributed by atoms with Crippen LogP contribution in [-0.2, 0) is 4.79 Å². The van der Waals surface area contributed by atoms with Gasteiger partial charge in [0.2, 0.25) is 5.91 Å². The van der Waals surface area contributed by atoms with Crippen molar-refractivity contribution in [1.82, 2.24) is 4.90 Å². The minimum absolute atomic E-state index is 0.147. The van der Waals surface area contributed by atoms with Gasteiger partial charge in [-0.25, -0.2) is 0 Å². The molecule has 1 aliphatic heterocycles. The van der Waals surface area contributed by atoms with E-state index in [-0.39, 0.29) is 5.54 Å². The van der Waals surface area contributed by atoms with E-state index in [4.69, 9.17) is 0 Å². The zero-order valence-corrected chi connectivity index (χ0v) is 14.8. The third-order valence-electron chi connectivity index (χ3n) is 5.14. The number of carbonyl (C=O) groups excluding carboxylic acids is 1. The van der Waals surface area contributed by atoms with Gasteiger partial charge in [-0.2, -0.15) is 0 Å². The maximum Gasteiger partial charge on any atom is 0.224 e. The highest BCUT2D eigenvalue weighted by atomic mass is 16.2. The first-order valence-corrected chi connectivity index (χ1v) is 9.44. The molecule has 2 nitrogen and oxygen atoms in total. The van der Waals surface area contributed by atoms with E-state index in [1.54, 1.807) is 0 Å². The Balaban J connectivity index is 2.33. The molecule has 0 aromatic rings. The number of nitrogens with zero attached hydrogens (tertiary/aromatic N) is 1. The maximum absolute atomic E-state index is 11.9. The number of hydrogen-bond donors (Lipinski definition) is 0. The lowest BCUT2D eigenvalue weighted by molar-refractivity contribution is -0.149. The van der Waals surface area contributed by atoms with Crippen LogP contribution in [0.4, 0.5) is 0 Å². The molecule has 0 bridgehead atoms. The molecule has 0 aromatic carbocycles. The van der Waals surface area contributed by atoms with Gasteiger partial charge in [-0.15, -0.1) is 0 Å². The molecule has 124 valence electrons. The molecule has 1 saturated heterocycles. The van der Waals surface area contributed by atoms with Crippen molar-refractivity contribution >= 4 is 5.91 Å². The second kappa shape index (κ2) is 10.2. The van der Waals surface area contributed by atoms with E-state index in [1.165, 1.54) is 77.0 Å². The van der Waals surface area contributed by atoms with Crippen molar-refractivity contribution < 1.29 is 4.79 Å². The maximum atomic E-state index is 11.9. The summed E-state index contributed by atoms with van der Waals surface area (Å²) >= 11 is 0. The molecule has 0 spiro atoms. The summed E-state index contributed by atoms with van der Waals surface area (Å²) < 4.78 is 0. The van der Waals surface area contributed by atoms with Crippen molar-refractivity contribution in [3.05, 3.63) is 0 Å². The molecular formula is C19H37NO. The van der Waals surface area contributed by atoms with Crippen molar-refractivity contribution in [3.8, 4) is 0 Å². The average Bonchev–Trinajstić information content (AvgIpc) is 2.45. The predicted octanol–water partition coefficient (Wildman–Crippen LogP) is 5.70. The second-order valence-corrected chi connectivity index (χ2v) is 7.12. The lowest BCUT2D eigenvalue weighted by Crippen LogP contribution is -2.57. The molecule has 0 N–H and O–H groups in total. The summed E-state index contributed by atoms with van der Waals surface area (Å²) in [7, 11) is 0. The van der Waals surface area contributed by atoms with Crippen LogP contribution in [0.1, 0.15) is 104 Å². The number of amides is 1. The van der Waals surface area contributed by atoms with Gasteiger partial charge in [0, 0.05) is 18.5 Å². The third kappa shape index (κ3) is 6.40. The van der Waals surface area contributed by atoms with E-state index in [2.05, 4.69) is 25.7 Å². The van der Waals surface area contributed by atoms with Gasteiger partial charge >= 0.3 is 0 Å². The zero-order valence-electron chi connectivity index (χ0n) is 14.8. The summed E-state index contributed by atoms with van der Waals surface area (Å²) in [5.74, 6) is 0.389. The van der Waals surface area contributed by atoms with Gasteiger partial charge in [-0.1, -0.05) is 78.1 Å². The van der Waals surface area contributed by atoms with Crippen molar-refractivity contribution in [2.24, 2.45) is 0 Å². The smallest absolute Gasteiger partial charge is 0.224 e. The number of rotatable bonds is 13. The van der Waals surface area contributed by atoms with Crippen LogP contribution in [-0.4, -0.2) is 22.9 Å². The van der Waals surface area contributed by atoms with Crippen molar-refractivity contribution in [3.63, 3.8) is 0 Å². The van der Waals surface area contributed by atoms with Gasteiger partial charge in [0.1, 0.15) is 0 Å². The summed E-state index contributed by atoms with van der Waals surface area (Å²) in [5.41, 5.74) is 0.147. The number of likely N-dealkylation sites (tertiary alicyclic amines) is 1. The van der Waals surface area contributed by atoms with E-state index in [0.29, 0.717) is 5.91 Å². The first-order chi connectivity index (χ1) is 10.1.